The summed E-state index contributed by atoms with van der Waals surface area (Å²) in [7, 11) is 0. The highest BCUT2D eigenvalue weighted by molar-refractivity contribution is 7.03. The van der Waals surface area contributed by atoms with Crippen molar-refractivity contribution in [1.82, 2.24) is 9.59 Å². The number of aromatic nitrogens is 2. The minimum atomic E-state index is 0.867. The summed E-state index contributed by atoms with van der Waals surface area (Å²) in [5, 5.41) is 5.31. The van der Waals surface area contributed by atoms with Gasteiger partial charge in [0.15, 0.2) is 0 Å². The fourth-order valence-electron chi connectivity index (χ4n) is 1.06. The molecule has 0 aliphatic carbocycles. The number of rotatable bonds is 6. The van der Waals surface area contributed by atoms with E-state index in [1.807, 2.05) is 5.38 Å². The number of nitrogens with zero attached hydrogens (tertiary/aromatic N) is 2. The number of hydrogen-bond donors (Lipinski definition) is 1. The third kappa shape index (κ3) is 11.5. The van der Waals surface area contributed by atoms with Crippen LogP contribution in [0, 0.1) is 0 Å². The van der Waals surface area contributed by atoms with E-state index in [2.05, 4.69) is 16.5 Å². The normalized spacial score (nSPS) is 9.29. The van der Waals surface area contributed by atoms with Crippen LogP contribution in [0.1, 0.15) is 45.4 Å². The van der Waals surface area contributed by atoms with Gasteiger partial charge in [0, 0.05) is 5.38 Å². The van der Waals surface area contributed by atoms with Crippen molar-refractivity contribution in [3.63, 3.8) is 0 Å². The molecule has 0 bridgehead atoms. The lowest BCUT2D eigenvalue weighted by Crippen LogP contribution is -1.97. The fourth-order valence-corrected chi connectivity index (χ4v) is 1.33. The second-order valence-electron chi connectivity index (χ2n) is 3.14. The highest BCUT2D eigenvalue weighted by Gasteiger charge is 1.85. The van der Waals surface area contributed by atoms with Gasteiger partial charge in [-0.1, -0.05) is 43.5 Å². The first-order valence-corrected chi connectivity index (χ1v) is 6.16. The highest BCUT2D eigenvalue weighted by Crippen LogP contribution is 2.03. The molecule has 1 heterocycles. The zero-order chi connectivity index (χ0) is 10.5. The Balaban J connectivity index is 0.000000280. The number of unbranched alkanes of at least 4 members (excludes halogenated alkanes) is 5. The van der Waals surface area contributed by atoms with Gasteiger partial charge in [-0.25, -0.2) is 0 Å². The molecule has 0 amide bonds. The molecule has 4 heteroatoms. The van der Waals surface area contributed by atoms with Gasteiger partial charge in [0.25, 0.3) is 0 Å². The van der Waals surface area contributed by atoms with E-state index in [1.54, 1.807) is 6.20 Å². The Morgan fingerprint density at radius 2 is 1.86 bits per heavy atom. The molecule has 1 aromatic rings. The zero-order valence-electron chi connectivity index (χ0n) is 8.98. The molecular weight excluding hydrogens is 194 g/mol. The van der Waals surface area contributed by atoms with Crippen molar-refractivity contribution < 1.29 is 0 Å². The van der Waals surface area contributed by atoms with Gasteiger partial charge in [-0.05, 0) is 24.5 Å². The van der Waals surface area contributed by atoms with E-state index >= 15 is 0 Å². The first-order valence-electron chi connectivity index (χ1n) is 5.33. The van der Waals surface area contributed by atoms with Crippen molar-refractivity contribution in [2.75, 3.05) is 6.54 Å². The molecule has 0 spiro atoms. The third-order valence-corrected chi connectivity index (χ3v) is 2.27. The summed E-state index contributed by atoms with van der Waals surface area (Å²) in [6.45, 7) is 3.11. The summed E-state index contributed by atoms with van der Waals surface area (Å²) in [6, 6.07) is 0. The molecule has 0 fully saturated rings. The lowest BCUT2D eigenvalue weighted by Gasteiger charge is -1.96. The largest absolute Gasteiger partial charge is 0.330 e. The average Bonchev–Trinajstić information content (AvgIpc) is 2.76. The number of hydrogen-bond acceptors (Lipinski definition) is 4. The summed E-state index contributed by atoms with van der Waals surface area (Å²) < 4.78 is 3.51. The van der Waals surface area contributed by atoms with Crippen LogP contribution in [0.15, 0.2) is 11.6 Å². The minimum absolute atomic E-state index is 0.867. The maximum absolute atomic E-state index is 5.34. The summed E-state index contributed by atoms with van der Waals surface area (Å²) in [5.74, 6) is 0. The molecule has 0 unspecified atom stereocenters. The molecule has 0 aromatic carbocycles. The van der Waals surface area contributed by atoms with Crippen LogP contribution in [0.5, 0.6) is 0 Å². The van der Waals surface area contributed by atoms with E-state index in [1.165, 1.54) is 50.1 Å². The van der Waals surface area contributed by atoms with Crippen molar-refractivity contribution in [2.24, 2.45) is 5.73 Å². The molecule has 0 radical (unpaired) electrons. The molecule has 1 rings (SSSR count). The van der Waals surface area contributed by atoms with Crippen molar-refractivity contribution >= 4 is 11.5 Å². The average molecular weight is 215 g/mol. The van der Waals surface area contributed by atoms with E-state index in [0.29, 0.717) is 0 Å². The van der Waals surface area contributed by atoms with Gasteiger partial charge >= 0.3 is 0 Å². The van der Waals surface area contributed by atoms with Gasteiger partial charge < -0.3 is 5.73 Å². The van der Waals surface area contributed by atoms with Crippen LogP contribution < -0.4 is 5.73 Å². The van der Waals surface area contributed by atoms with Crippen molar-refractivity contribution in [3.05, 3.63) is 11.6 Å². The number of nitrogens with two attached hydrogens (primary N) is 1. The molecule has 0 saturated heterocycles. The Bertz CT molecular complexity index is 143. The molecule has 0 aliphatic heterocycles. The molecule has 82 valence electrons. The van der Waals surface area contributed by atoms with E-state index < -0.39 is 0 Å². The van der Waals surface area contributed by atoms with Gasteiger partial charge in [0.1, 0.15) is 0 Å². The van der Waals surface area contributed by atoms with E-state index in [0.717, 1.165) is 6.54 Å². The van der Waals surface area contributed by atoms with Crippen LogP contribution >= 0.6 is 11.5 Å². The van der Waals surface area contributed by atoms with Gasteiger partial charge in [0.05, 0.1) is 6.20 Å². The van der Waals surface area contributed by atoms with Crippen molar-refractivity contribution in [3.8, 4) is 0 Å². The fraction of sp³-hybridized carbons (Fsp3) is 0.800. The Morgan fingerprint density at radius 3 is 2.29 bits per heavy atom. The molecule has 2 N–H and O–H groups in total. The third-order valence-electron chi connectivity index (χ3n) is 1.84. The van der Waals surface area contributed by atoms with Crippen LogP contribution in [0.3, 0.4) is 0 Å². The molecule has 14 heavy (non-hydrogen) atoms. The SMILES string of the molecule is CCCCCCCCN.c1csnn1. The second kappa shape index (κ2) is 12.5. The predicted octanol–water partition coefficient (Wildman–Crippen LogP) is 2.84. The lowest BCUT2D eigenvalue weighted by molar-refractivity contribution is 0.612. The quantitative estimate of drug-likeness (QED) is 0.742. The van der Waals surface area contributed by atoms with E-state index in [4.69, 9.17) is 5.73 Å². The van der Waals surface area contributed by atoms with E-state index in [9.17, 15) is 0 Å². The Labute approximate surface area is 90.9 Å². The topological polar surface area (TPSA) is 51.8 Å². The zero-order valence-corrected chi connectivity index (χ0v) is 9.80. The summed E-state index contributed by atoms with van der Waals surface area (Å²) >= 11 is 1.35. The van der Waals surface area contributed by atoms with E-state index in [-0.39, 0.29) is 0 Å². The molecule has 0 saturated carbocycles. The van der Waals surface area contributed by atoms with Crippen LogP contribution in [0.4, 0.5) is 0 Å². The summed E-state index contributed by atoms with van der Waals surface area (Å²) in [5.41, 5.74) is 5.34. The second-order valence-corrected chi connectivity index (χ2v) is 3.79. The first kappa shape index (κ1) is 13.5. The van der Waals surface area contributed by atoms with Crippen LogP contribution in [0.2, 0.25) is 0 Å². The van der Waals surface area contributed by atoms with Crippen LogP contribution in [0.25, 0.3) is 0 Å². The van der Waals surface area contributed by atoms with Crippen molar-refractivity contribution in [1.29, 1.82) is 0 Å². The van der Waals surface area contributed by atoms with Crippen LogP contribution in [-0.4, -0.2) is 16.1 Å². The molecule has 0 aliphatic rings. The standard InChI is InChI=1S/C8H19N.C2H2N2S/c1-2-3-4-5-6-7-8-9;1-2-5-4-3-1/h2-9H2,1H3;1-2H. The molecule has 3 nitrogen and oxygen atoms in total. The Kier molecular flexibility index (Phi) is 12.1. The smallest absolute Gasteiger partial charge is 0.0620 e. The highest BCUT2D eigenvalue weighted by atomic mass is 32.1. The van der Waals surface area contributed by atoms with Crippen molar-refractivity contribution in [2.45, 2.75) is 45.4 Å². The van der Waals surface area contributed by atoms with Gasteiger partial charge in [-0.15, -0.1) is 5.10 Å². The maximum atomic E-state index is 5.34. The molecule has 1 aromatic heterocycles. The lowest BCUT2D eigenvalue weighted by atomic mass is 10.1. The van der Waals surface area contributed by atoms with Gasteiger partial charge in [-0.2, -0.15) is 0 Å². The Hall–Kier alpha value is -0.480. The molecular formula is C10H21N3S. The Morgan fingerprint density at radius 1 is 1.14 bits per heavy atom. The molecule has 0 atom stereocenters. The minimum Gasteiger partial charge on any atom is -0.330 e. The summed E-state index contributed by atoms with van der Waals surface area (Å²) in [4.78, 5) is 0. The van der Waals surface area contributed by atoms with Crippen LogP contribution in [-0.2, 0) is 0 Å². The van der Waals surface area contributed by atoms with Gasteiger partial charge in [0.2, 0.25) is 0 Å². The van der Waals surface area contributed by atoms with Gasteiger partial charge in [-0.3, -0.25) is 0 Å². The first-order chi connectivity index (χ1) is 6.91. The maximum Gasteiger partial charge on any atom is 0.0620 e. The monoisotopic (exact) mass is 215 g/mol. The predicted molar refractivity (Wildman–Crippen MR) is 62.3 cm³/mol. The summed E-state index contributed by atoms with van der Waals surface area (Å²) in [6.07, 6.45) is 9.71.